The highest BCUT2D eigenvalue weighted by Gasteiger charge is 2.40. The summed E-state index contributed by atoms with van der Waals surface area (Å²) in [6.45, 7) is 6.03. The molecule has 5 rings (SSSR count). The first-order chi connectivity index (χ1) is 18.7. The number of nitrogens with one attached hydrogen (secondary N) is 2. The van der Waals surface area contributed by atoms with Crippen LogP contribution in [0.3, 0.4) is 0 Å². The lowest BCUT2D eigenvalue weighted by Gasteiger charge is -2.38. The second-order valence-corrected chi connectivity index (χ2v) is 10.6. The van der Waals surface area contributed by atoms with Crippen LogP contribution in [0.15, 0.2) is 48.9 Å². The third-order valence-electron chi connectivity index (χ3n) is 7.67. The number of carbonyl (C=O) groups is 1. The van der Waals surface area contributed by atoms with Gasteiger partial charge in [0.15, 0.2) is 17.5 Å². The number of ketones is 1. The van der Waals surface area contributed by atoms with E-state index < -0.39 is 11.4 Å². The van der Waals surface area contributed by atoms with E-state index >= 15 is 0 Å². The Morgan fingerprint density at radius 1 is 1.21 bits per heavy atom. The predicted molar refractivity (Wildman–Crippen MR) is 146 cm³/mol. The smallest absolute Gasteiger partial charge is 0.161 e. The van der Waals surface area contributed by atoms with Crippen molar-refractivity contribution in [3.8, 4) is 5.82 Å². The standard InChI is InChI=1S/C29H34FN7O2/c1-18-11-25(33-26(12-18)34-27-14-20(3)35-36-27)29(39-4)9-7-21(8-10-29)24(38)13-19(2)22-5-6-28(31-15-22)37-17-23(30)16-32-37/h5-6,11-12,14-17,19,21H,7-10,13H2,1-4H3,(H2,33,34,35,36)/t19-,21?,29?/m1/s1. The maximum absolute atomic E-state index is 13.3. The lowest BCUT2D eigenvalue weighted by molar-refractivity contribution is -0.127. The van der Waals surface area contributed by atoms with Crippen LogP contribution in [-0.4, -0.2) is 42.8 Å². The van der Waals surface area contributed by atoms with Gasteiger partial charge in [-0.25, -0.2) is 19.0 Å². The molecule has 0 unspecified atom stereocenters. The van der Waals surface area contributed by atoms with E-state index in [4.69, 9.17) is 9.72 Å². The van der Waals surface area contributed by atoms with Crippen LogP contribution in [0.25, 0.3) is 5.82 Å². The normalized spacial score (nSPS) is 20.1. The first kappa shape index (κ1) is 26.7. The summed E-state index contributed by atoms with van der Waals surface area (Å²) in [6, 6.07) is 9.71. The number of aromatic nitrogens is 6. The van der Waals surface area contributed by atoms with Crippen LogP contribution < -0.4 is 5.32 Å². The van der Waals surface area contributed by atoms with Crippen molar-refractivity contribution >= 4 is 17.4 Å². The molecule has 1 fully saturated rings. The van der Waals surface area contributed by atoms with Gasteiger partial charge in [0.1, 0.15) is 17.2 Å². The molecule has 4 heterocycles. The Bertz CT molecular complexity index is 1440. The minimum Gasteiger partial charge on any atom is -0.372 e. The summed E-state index contributed by atoms with van der Waals surface area (Å²) in [6.07, 6.45) is 7.56. The second-order valence-electron chi connectivity index (χ2n) is 10.6. The minimum atomic E-state index is -0.530. The fraction of sp³-hybridized carbons (Fsp3) is 0.414. The number of ether oxygens (including phenoxy) is 1. The van der Waals surface area contributed by atoms with Crippen LogP contribution in [-0.2, 0) is 15.1 Å². The van der Waals surface area contributed by atoms with E-state index in [9.17, 15) is 9.18 Å². The zero-order chi connectivity index (χ0) is 27.6. The van der Waals surface area contributed by atoms with Gasteiger partial charge < -0.3 is 10.1 Å². The molecular formula is C29H34FN7O2. The molecule has 0 amide bonds. The number of aromatic amines is 1. The largest absolute Gasteiger partial charge is 0.372 e. The van der Waals surface area contributed by atoms with Crippen molar-refractivity contribution in [2.45, 2.75) is 64.4 Å². The zero-order valence-electron chi connectivity index (χ0n) is 22.7. The van der Waals surface area contributed by atoms with Gasteiger partial charge in [0, 0.05) is 37.4 Å². The first-order valence-electron chi connectivity index (χ1n) is 13.3. The number of methoxy groups -OCH3 is 1. The highest BCUT2D eigenvalue weighted by Crippen LogP contribution is 2.43. The van der Waals surface area contributed by atoms with E-state index in [-0.39, 0.29) is 17.6 Å². The van der Waals surface area contributed by atoms with Crippen molar-refractivity contribution in [2.24, 2.45) is 5.92 Å². The first-order valence-corrected chi connectivity index (χ1v) is 13.3. The average Bonchev–Trinajstić information content (AvgIpc) is 3.55. The topological polar surface area (TPSA) is 111 Å². The monoisotopic (exact) mass is 531 g/mol. The molecule has 1 atom stereocenters. The van der Waals surface area contributed by atoms with E-state index in [2.05, 4.69) is 31.7 Å². The number of H-pyrrole nitrogens is 1. The zero-order valence-corrected chi connectivity index (χ0v) is 22.7. The Morgan fingerprint density at radius 2 is 2.00 bits per heavy atom. The Morgan fingerprint density at radius 3 is 2.62 bits per heavy atom. The Balaban J connectivity index is 1.21. The van der Waals surface area contributed by atoms with Crippen LogP contribution in [0.4, 0.5) is 16.0 Å². The number of hydrogen-bond donors (Lipinski definition) is 2. The van der Waals surface area contributed by atoms with Crippen molar-refractivity contribution in [3.63, 3.8) is 0 Å². The fourth-order valence-corrected chi connectivity index (χ4v) is 5.39. The van der Waals surface area contributed by atoms with Gasteiger partial charge in [-0.05, 0) is 74.8 Å². The molecule has 9 nitrogen and oxygen atoms in total. The number of aryl methyl sites for hydroxylation is 2. The summed E-state index contributed by atoms with van der Waals surface area (Å²) < 4.78 is 20.7. The van der Waals surface area contributed by atoms with E-state index in [1.54, 1.807) is 19.4 Å². The molecule has 1 aliphatic rings. The van der Waals surface area contributed by atoms with Gasteiger partial charge in [-0.2, -0.15) is 10.2 Å². The van der Waals surface area contributed by atoms with Gasteiger partial charge >= 0.3 is 0 Å². The summed E-state index contributed by atoms with van der Waals surface area (Å²) >= 11 is 0. The molecular weight excluding hydrogens is 497 g/mol. The molecule has 39 heavy (non-hydrogen) atoms. The molecule has 1 saturated carbocycles. The molecule has 0 radical (unpaired) electrons. The van der Waals surface area contributed by atoms with Gasteiger partial charge in [0.2, 0.25) is 0 Å². The predicted octanol–water partition coefficient (Wildman–Crippen LogP) is 5.68. The Kier molecular flexibility index (Phi) is 7.56. The lowest BCUT2D eigenvalue weighted by atomic mass is 9.74. The maximum Gasteiger partial charge on any atom is 0.161 e. The highest BCUT2D eigenvalue weighted by atomic mass is 19.1. The molecule has 0 saturated heterocycles. The quantitative estimate of drug-likeness (QED) is 0.286. The molecule has 2 N–H and O–H groups in total. The minimum absolute atomic E-state index is 0.00978. The summed E-state index contributed by atoms with van der Waals surface area (Å²) in [5.74, 6) is 1.84. The molecule has 0 spiro atoms. The third kappa shape index (κ3) is 5.90. The molecule has 0 bridgehead atoms. The van der Waals surface area contributed by atoms with Gasteiger partial charge in [0.25, 0.3) is 0 Å². The molecule has 0 aromatic carbocycles. The molecule has 4 aromatic rings. The number of Topliss-reactive ketones (excluding diaryl/α,β-unsaturated/α-hetero) is 1. The van der Waals surface area contributed by atoms with Gasteiger partial charge in [0.05, 0.1) is 18.1 Å². The van der Waals surface area contributed by atoms with Crippen LogP contribution in [0.2, 0.25) is 0 Å². The van der Waals surface area contributed by atoms with Gasteiger partial charge in [-0.3, -0.25) is 9.89 Å². The summed E-state index contributed by atoms with van der Waals surface area (Å²) in [5, 5.41) is 14.4. The van der Waals surface area contributed by atoms with Gasteiger partial charge in [-0.15, -0.1) is 0 Å². The number of rotatable bonds is 9. The molecule has 10 heteroatoms. The van der Waals surface area contributed by atoms with Crippen molar-refractivity contribution in [1.82, 2.24) is 29.9 Å². The highest BCUT2D eigenvalue weighted by molar-refractivity contribution is 5.82. The molecule has 0 aliphatic heterocycles. The van der Waals surface area contributed by atoms with E-state index in [1.807, 2.05) is 39.0 Å². The molecule has 4 aromatic heterocycles. The third-order valence-corrected chi connectivity index (χ3v) is 7.67. The van der Waals surface area contributed by atoms with Crippen molar-refractivity contribution in [1.29, 1.82) is 0 Å². The van der Waals surface area contributed by atoms with E-state index in [0.29, 0.717) is 18.1 Å². The molecule has 1 aliphatic carbocycles. The summed E-state index contributed by atoms with van der Waals surface area (Å²) in [4.78, 5) is 22.6. The van der Waals surface area contributed by atoms with Crippen LogP contribution in [0.5, 0.6) is 0 Å². The molecule has 204 valence electrons. The number of nitrogens with zero attached hydrogens (tertiary/aromatic N) is 5. The number of pyridine rings is 2. The number of hydrogen-bond acceptors (Lipinski definition) is 7. The van der Waals surface area contributed by atoms with Crippen LogP contribution in [0, 0.1) is 25.6 Å². The number of carbonyl (C=O) groups excluding carboxylic acids is 1. The van der Waals surface area contributed by atoms with Crippen LogP contribution >= 0.6 is 0 Å². The lowest BCUT2D eigenvalue weighted by Crippen LogP contribution is -2.36. The fourth-order valence-electron chi connectivity index (χ4n) is 5.39. The Hall–Kier alpha value is -3.92. The number of anilines is 2. The van der Waals surface area contributed by atoms with E-state index in [0.717, 1.165) is 60.2 Å². The summed E-state index contributed by atoms with van der Waals surface area (Å²) in [7, 11) is 1.73. The van der Waals surface area contributed by atoms with Crippen LogP contribution in [0.1, 0.15) is 67.5 Å². The van der Waals surface area contributed by atoms with E-state index in [1.165, 1.54) is 10.9 Å². The summed E-state index contributed by atoms with van der Waals surface area (Å²) in [5.41, 5.74) is 3.36. The number of halogens is 1. The van der Waals surface area contributed by atoms with Crippen molar-refractivity contribution < 1.29 is 13.9 Å². The van der Waals surface area contributed by atoms with Crippen molar-refractivity contribution in [3.05, 3.63) is 77.3 Å². The van der Waals surface area contributed by atoms with Gasteiger partial charge in [-0.1, -0.05) is 13.0 Å². The second kappa shape index (κ2) is 11.1. The Labute approximate surface area is 227 Å². The maximum atomic E-state index is 13.3. The SMILES string of the molecule is COC1(c2cc(C)cc(Nc3cc(C)[nH]n3)n2)CCC(C(=O)C[C@@H](C)c2ccc(-n3cc(F)cn3)nc2)CC1. The van der Waals surface area contributed by atoms with Crippen molar-refractivity contribution in [2.75, 3.05) is 12.4 Å². The average molecular weight is 532 g/mol.